The van der Waals surface area contributed by atoms with Gasteiger partial charge in [-0.3, -0.25) is 0 Å². The molecule has 0 saturated carbocycles. The molecule has 1 heteroatoms. The molecular weight excluding hydrogens is 136 g/mol. The molecule has 0 aliphatic heterocycles. The average Bonchev–Trinajstić information content (AvgIpc) is 1.99. The fraction of sp³-hybridized carbons (Fsp3) is 0.400. The van der Waals surface area contributed by atoms with Crippen molar-refractivity contribution in [3.63, 3.8) is 0 Å². The van der Waals surface area contributed by atoms with Crippen molar-refractivity contribution in [1.82, 2.24) is 0 Å². The minimum atomic E-state index is 0.152. The second kappa shape index (κ2) is 3.05. The van der Waals surface area contributed by atoms with E-state index in [0.29, 0.717) is 0 Å². The number of benzene rings is 1. The highest BCUT2D eigenvalue weighted by Gasteiger charge is 2.02. The predicted molar refractivity (Wildman–Crippen MR) is 46.6 cm³/mol. The maximum atomic E-state index is 9.02. The zero-order valence-corrected chi connectivity index (χ0v) is 7.31. The predicted octanol–water partition coefficient (Wildman–Crippen LogP) is 2.10. The Morgan fingerprint density at radius 2 is 1.64 bits per heavy atom. The smallest absolute Gasteiger partial charge is 0.0687 e. The molecule has 0 heterocycles. The molecule has 0 unspecified atom stereocenters. The van der Waals surface area contributed by atoms with Gasteiger partial charge in [-0.05, 0) is 43.0 Å². The van der Waals surface area contributed by atoms with E-state index in [1.54, 1.807) is 0 Å². The summed E-state index contributed by atoms with van der Waals surface area (Å²) in [6, 6.07) is 4.14. The van der Waals surface area contributed by atoms with Gasteiger partial charge in [0.25, 0.3) is 0 Å². The summed E-state index contributed by atoms with van der Waals surface area (Å²) in [6.45, 7) is 6.29. The van der Waals surface area contributed by atoms with Crippen molar-refractivity contribution < 1.29 is 5.11 Å². The minimum Gasteiger partial charge on any atom is -0.392 e. The molecule has 1 rings (SSSR count). The average molecular weight is 150 g/mol. The molecular formula is C10H14O. The van der Waals surface area contributed by atoms with Crippen LogP contribution in [0.4, 0.5) is 0 Å². The largest absolute Gasteiger partial charge is 0.392 e. The molecule has 0 aliphatic carbocycles. The van der Waals surface area contributed by atoms with E-state index in [2.05, 4.69) is 13.0 Å². The Labute approximate surface area is 67.7 Å². The lowest BCUT2D eigenvalue weighted by molar-refractivity contribution is 0.280. The molecule has 0 spiro atoms. The van der Waals surface area contributed by atoms with Crippen molar-refractivity contribution in [2.24, 2.45) is 0 Å². The van der Waals surface area contributed by atoms with Gasteiger partial charge in [-0.2, -0.15) is 0 Å². The summed E-state index contributed by atoms with van der Waals surface area (Å²) in [4.78, 5) is 0. The van der Waals surface area contributed by atoms with Crippen LogP contribution in [-0.4, -0.2) is 5.11 Å². The number of hydrogen-bond acceptors (Lipinski definition) is 1. The second-order valence-corrected chi connectivity index (χ2v) is 2.96. The van der Waals surface area contributed by atoms with Crippen molar-refractivity contribution in [2.75, 3.05) is 0 Å². The molecule has 1 aromatic rings. The van der Waals surface area contributed by atoms with Gasteiger partial charge in [-0.15, -0.1) is 0 Å². The minimum absolute atomic E-state index is 0.152. The third-order valence-corrected chi connectivity index (χ3v) is 2.26. The molecule has 0 aliphatic rings. The molecule has 1 aromatic carbocycles. The van der Waals surface area contributed by atoms with E-state index in [-0.39, 0.29) is 6.61 Å². The highest BCUT2D eigenvalue weighted by Crippen LogP contribution is 2.16. The first-order chi connectivity index (χ1) is 5.16. The van der Waals surface area contributed by atoms with E-state index in [0.717, 1.165) is 5.56 Å². The molecule has 0 aromatic heterocycles. The Morgan fingerprint density at radius 3 is 2.09 bits per heavy atom. The van der Waals surface area contributed by atoms with Gasteiger partial charge >= 0.3 is 0 Å². The Morgan fingerprint density at radius 1 is 1.09 bits per heavy atom. The lowest BCUT2D eigenvalue weighted by Gasteiger charge is -2.08. The number of rotatable bonds is 1. The Bertz CT molecular complexity index is 264. The van der Waals surface area contributed by atoms with E-state index in [4.69, 9.17) is 5.11 Å². The van der Waals surface area contributed by atoms with Crippen LogP contribution in [0.5, 0.6) is 0 Å². The second-order valence-electron chi connectivity index (χ2n) is 2.96. The van der Waals surface area contributed by atoms with Gasteiger partial charge in [0.05, 0.1) is 6.61 Å². The van der Waals surface area contributed by atoms with Crippen molar-refractivity contribution in [2.45, 2.75) is 27.4 Å². The van der Waals surface area contributed by atoms with Gasteiger partial charge in [0, 0.05) is 0 Å². The van der Waals surface area contributed by atoms with Gasteiger partial charge < -0.3 is 5.11 Å². The van der Waals surface area contributed by atoms with Crippen LogP contribution in [0.3, 0.4) is 0 Å². The Balaban J connectivity index is 3.29. The molecule has 1 N–H and O–H groups in total. The van der Waals surface area contributed by atoms with Crippen molar-refractivity contribution in [1.29, 1.82) is 0 Å². The van der Waals surface area contributed by atoms with Crippen LogP contribution in [0, 0.1) is 20.8 Å². The topological polar surface area (TPSA) is 20.2 Å². The van der Waals surface area contributed by atoms with E-state index < -0.39 is 0 Å². The maximum absolute atomic E-state index is 9.02. The standard InChI is InChI=1S/C10H14O/c1-7-4-5-8(2)10(6-11)9(7)3/h4-5,11H,6H2,1-3H3. The lowest BCUT2D eigenvalue weighted by Crippen LogP contribution is -1.95. The van der Waals surface area contributed by atoms with E-state index in [9.17, 15) is 0 Å². The summed E-state index contributed by atoms with van der Waals surface area (Å²) in [5, 5.41) is 9.02. The first-order valence-electron chi connectivity index (χ1n) is 3.83. The van der Waals surface area contributed by atoms with E-state index >= 15 is 0 Å². The fourth-order valence-electron chi connectivity index (χ4n) is 1.25. The van der Waals surface area contributed by atoms with Crippen LogP contribution in [-0.2, 0) is 6.61 Å². The Hall–Kier alpha value is -0.820. The third-order valence-electron chi connectivity index (χ3n) is 2.26. The van der Waals surface area contributed by atoms with Crippen LogP contribution < -0.4 is 0 Å². The van der Waals surface area contributed by atoms with Crippen LogP contribution in [0.1, 0.15) is 22.3 Å². The summed E-state index contributed by atoms with van der Waals surface area (Å²) in [6.07, 6.45) is 0. The van der Waals surface area contributed by atoms with Crippen LogP contribution in [0.15, 0.2) is 12.1 Å². The molecule has 0 atom stereocenters. The SMILES string of the molecule is Cc1ccc(C)c(CO)c1C. The maximum Gasteiger partial charge on any atom is 0.0687 e. The van der Waals surface area contributed by atoms with Gasteiger partial charge in [-0.1, -0.05) is 12.1 Å². The highest BCUT2D eigenvalue weighted by molar-refractivity contribution is 5.38. The van der Waals surface area contributed by atoms with E-state index in [1.807, 2.05) is 19.9 Å². The molecule has 60 valence electrons. The van der Waals surface area contributed by atoms with Crippen molar-refractivity contribution >= 4 is 0 Å². The third kappa shape index (κ3) is 1.43. The molecule has 0 amide bonds. The number of aliphatic hydroxyl groups is 1. The summed E-state index contributed by atoms with van der Waals surface area (Å²) in [5.41, 5.74) is 4.72. The van der Waals surface area contributed by atoms with Crippen molar-refractivity contribution in [3.8, 4) is 0 Å². The summed E-state index contributed by atoms with van der Waals surface area (Å²) in [7, 11) is 0. The Kier molecular flexibility index (Phi) is 2.30. The van der Waals surface area contributed by atoms with Gasteiger partial charge in [0.2, 0.25) is 0 Å². The first kappa shape index (κ1) is 8.28. The van der Waals surface area contributed by atoms with Crippen molar-refractivity contribution in [3.05, 3.63) is 34.4 Å². The molecule has 11 heavy (non-hydrogen) atoms. The zero-order valence-electron chi connectivity index (χ0n) is 7.31. The van der Waals surface area contributed by atoms with Crippen LogP contribution in [0.2, 0.25) is 0 Å². The van der Waals surface area contributed by atoms with Crippen LogP contribution >= 0.6 is 0 Å². The summed E-state index contributed by atoms with van der Waals surface area (Å²) in [5.74, 6) is 0. The quantitative estimate of drug-likeness (QED) is 0.650. The zero-order chi connectivity index (χ0) is 8.43. The normalized spacial score (nSPS) is 10.2. The monoisotopic (exact) mass is 150 g/mol. The molecule has 0 fully saturated rings. The molecule has 1 nitrogen and oxygen atoms in total. The number of aliphatic hydroxyl groups excluding tert-OH is 1. The number of aryl methyl sites for hydroxylation is 2. The molecule has 0 saturated heterocycles. The van der Waals surface area contributed by atoms with E-state index in [1.165, 1.54) is 16.7 Å². The van der Waals surface area contributed by atoms with Gasteiger partial charge in [0.1, 0.15) is 0 Å². The highest BCUT2D eigenvalue weighted by atomic mass is 16.3. The lowest BCUT2D eigenvalue weighted by atomic mass is 9.99. The molecule has 0 bridgehead atoms. The molecule has 0 radical (unpaired) electrons. The van der Waals surface area contributed by atoms with Gasteiger partial charge in [-0.25, -0.2) is 0 Å². The fourth-order valence-corrected chi connectivity index (χ4v) is 1.25. The summed E-state index contributed by atoms with van der Waals surface area (Å²) >= 11 is 0. The number of hydrogen-bond donors (Lipinski definition) is 1. The summed E-state index contributed by atoms with van der Waals surface area (Å²) < 4.78 is 0. The first-order valence-corrected chi connectivity index (χ1v) is 3.83. The van der Waals surface area contributed by atoms with Gasteiger partial charge in [0.15, 0.2) is 0 Å². The van der Waals surface area contributed by atoms with Crippen LogP contribution in [0.25, 0.3) is 0 Å².